The number of hydrogen-bond acceptors (Lipinski definition) is 5. The van der Waals surface area contributed by atoms with E-state index in [9.17, 15) is 9.59 Å². The van der Waals surface area contributed by atoms with E-state index < -0.39 is 5.54 Å². The number of rotatable bonds is 1. The molecule has 2 amide bonds. The lowest BCUT2D eigenvalue weighted by Crippen LogP contribution is -2.59. The molecule has 0 saturated carbocycles. The van der Waals surface area contributed by atoms with Crippen molar-refractivity contribution in [1.82, 2.24) is 19.5 Å². The largest absolute Gasteiger partial charge is 0.369 e. The number of anilines is 2. The monoisotopic (exact) mass is 362 g/mol. The Morgan fingerprint density at radius 2 is 1.89 bits per heavy atom. The zero-order valence-corrected chi connectivity index (χ0v) is 14.6. The second-order valence-corrected chi connectivity index (χ2v) is 6.98. The molecule has 4 heterocycles. The molecular formula is C19H18N6O2. The lowest BCUT2D eigenvalue weighted by Gasteiger charge is -2.44. The van der Waals surface area contributed by atoms with Gasteiger partial charge >= 0.3 is 0 Å². The Labute approximate surface area is 155 Å². The van der Waals surface area contributed by atoms with Crippen LogP contribution in [0.1, 0.15) is 23.2 Å². The van der Waals surface area contributed by atoms with Gasteiger partial charge in [-0.25, -0.2) is 9.50 Å². The first-order chi connectivity index (χ1) is 13.1. The number of benzene rings is 1. The Hall–Kier alpha value is -3.42. The highest BCUT2D eigenvalue weighted by molar-refractivity contribution is 6.06. The molecule has 3 aromatic rings. The molecule has 0 atom stereocenters. The van der Waals surface area contributed by atoms with Gasteiger partial charge in [-0.2, -0.15) is 5.10 Å². The molecule has 8 heteroatoms. The van der Waals surface area contributed by atoms with Crippen molar-refractivity contribution in [2.75, 3.05) is 23.7 Å². The van der Waals surface area contributed by atoms with E-state index in [1.807, 2.05) is 24.3 Å². The number of hydrogen-bond donors (Lipinski definition) is 2. The summed E-state index contributed by atoms with van der Waals surface area (Å²) in [6.45, 7) is 1.03. The highest BCUT2D eigenvalue weighted by Crippen LogP contribution is 2.36. The normalized spacial score (nSPS) is 18.1. The third-order valence-electron chi connectivity index (χ3n) is 5.42. The van der Waals surface area contributed by atoms with Crippen molar-refractivity contribution >= 4 is 28.8 Å². The molecule has 5 rings (SSSR count). The van der Waals surface area contributed by atoms with E-state index in [-0.39, 0.29) is 11.8 Å². The van der Waals surface area contributed by atoms with Crippen molar-refractivity contribution in [3.8, 4) is 0 Å². The van der Waals surface area contributed by atoms with E-state index in [0.29, 0.717) is 37.1 Å². The van der Waals surface area contributed by atoms with Gasteiger partial charge in [0.25, 0.3) is 5.91 Å². The fraction of sp³-hybridized carbons (Fsp3) is 0.263. The topological polar surface area (TPSA) is 91.6 Å². The van der Waals surface area contributed by atoms with E-state index in [1.165, 1.54) is 6.33 Å². The van der Waals surface area contributed by atoms with Crippen LogP contribution in [0.15, 0.2) is 48.9 Å². The molecule has 0 aliphatic carbocycles. The molecule has 136 valence electrons. The van der Waals surface area contributed by atoms with Crippen molar-refractivity contribution in [3.05, 3.63) is 54.5 Å². The molecule has 2 aromatic heterocycles. The Bertz CT molecular complexity index is 1050. The highest BCUT2D eigenvalue weighted by Gasteiger charge is 2.45. The number of likely N-dealkylation sites (tertiary alicyclic amines) is 1. The van der Waals surface area contributed by atoms with Crippen LogP contribution in [-0.2, 0) is 4.79 Å². The predicted octanol–water partition coefficient (Wildman–Crippen LogP) is 1.77. The minimum Gasteiger partial charge on any atom is -0.369 e. The van der Waals surface area contributed by atoms with Gasteiger partial charge < -0.3 is 15.5 Å². The second-order valence-electron chi connectivity index (χ2n) is 6.98. The van der Waals surface area contributed by atoms with Crippen LogP contribution in [0.25, 0.3) is 5.65 Å². The molecule has 2 N–H and O–H groups in total. The highest BCUT2D eigenvalue weighted by atomic mass is 16.2. The maximum atomic E-state index is 12.9. The first kappa shape index (κ1) is 15.8. The summed E-state index contributed by atoms with van der Waals surface area (Å²) in [6.07, 6.45) is 4.31. The van der Waals surface area contributed by atoms with Gasteiger partial charge in [0.2, 0.25) is 5.91 Å². The van der Waals surface area contributed by atoms with E-state index in [4.69, 9.17) is 0 Å². The maximum absolute atomic E-state index is 12.9. The van der Waals surface area contributed by atoms with Crippen LogP contribution >= 0.6 is 0 Å². The number of para-hydroxylation sites is 2. The number of nitrogens with zero attached hydrogens (tertiary/aromatic N) is 4. The number of aromatic nitrogens is 3. The number of nitrogens with one attached hydrogen (secondary N) is 2. The molecule has 1 fully saturated rings. The van der Waals surface area contributed by atoms with Crippen LogP contribution in [0, 0.1) is 0 Å². The summed E-state index contributed by atoms with van der Waals surface area (Å²) in [5.74, 6) is -0.0786. The first-order valence-electron chi connectivity index (χ1n) is 8.92. The lowest BCUT2D eigenvalue weighted by molar-refractivity contribution is -0.122. The third kappa shape index (κ3) is 2.52. The zero-order valence-electron chi connectivity index (χ0n) is 14.6. The van der Waals surface area contributed by atoms with Gasteiger partial charge in [0.1, 0.15) is 11.9 Å². The fourth-order valence-corrected chi connectivity index (χ4v) is 3.83. The van der Waals surface area contributed by atoms with Crippen LogP contribution in [0.2, 0.25) is 0 Å². The molecular weight excluding hydrogens is 344 g/mol. The molecule has 27 heavy (non-hydrogen) atoms. The van der Waals surface area contributed by atoms with Gasteiger partial charge in [-0.05, 0) is 37.1 Å². The van der Waals surface area contributed by atoms with Gasteiger partial charge in [-0.3, -0.25) is 9.59 Å². The number of amides is 2. The quantitative estimate of drug-likeness (QED) is 0.688. The molecule has 1 saturated heterocycles. The second kappa shape index (κ2) is 5.80. The van der Waals surface area contributed by atoms with Crippen LogP contribution in [0.3, 0.4) is 0 Å². The van der Waals surface area contributed by atoms with Crippen LogP contribution in [0.4, 0.5) is 11.4 Å². The summed E-state index contributed by atoms with van der Waals surface area (Å²) in [7, 11) is 0. The Kier molecular flexibility index (Phi) is 3.40. The van der Waals surface area contributed by atoms with Crippen molar-refractivity contribution in [1.29, 1.82) is 0 Å². The Morgan fingerprint density at radius 1 is 1.11 bits per heavy atom. The summed E-state index contributed by atoms with van der Waals surface area (Å²) in [5, 5.41) is 10.4. The molecule has 2 aliphatic heterocycles. The van der Waals surface area contributed by atoms with Crippen LogP contribution < -0.4 is 10.6 Å². The van der Waals surface area contributed by atoms with Crippen molar-refractivity contribution in [3.63, 3.8) is 0 Å². The van der Waals surface area contributed by atoms with Crippen LogP contribution in [0.5, 0.6) is 0 Å². The minimum absolute atomic E-state index is 0.0295. The van der Waals surface area contributed by atoms with Gasteiger partial charge in [0.05, 0.1) is 11.4 Å². The van der Waals surface area contributed by atoms with Crippen LogP contribution in [-0.4, -0.2) is 49.9 Å². The van der Waals surface area contributed by atoms with Gasteiger partial charge in [-0.15, -0.1) is 0 Å². The standard InChI is InChI=1S/C19H18N6O2/c26-17(13-5-8-25-16(11-13)20-12-21-25)24-9-6-19(7-10-24)18(27)22-14-3-1-2-4-15(14)23-19/h1-5,8,11-12,23H,6-7,9-10H2,(H,22,27). The van der Waals surface area contributed by atoms with Crippen molar-refractivity contribution in [2.24, 2.45) is 0 Å². The zero-order chi connectivity index (χ0) is 18.4. The fourth-order valence-electron chi connectivity index (χ4n) is 3.83. The summed E-state index contributed by atoms with van der Waals surface area (Å²) >= 11 is 0. The Morgan fingerprint density at radius 3 is 2.70 bits per heavy atom. The number of carbonyl (C=O) groups is 2. The van der Waals surface area contributed by atoms with Crippen molar-refractivity contribution in [2.45, 2.75) is 18.4 Å². The summed E-state index contributed by atoms with van der Waals surface area (Å²) in [5.41, 5.74) is 2.28. The number of piperidine rings is 1. The third-order valence-corrected chi connectivity index (χ3v) is 5.42. The molecule has 0 radical (unpaired) electrons. The van der Waals surface area contributed by atoms with E-state index in [1.54, 1.807) is 27.7 Å². The summed E-state index contributed by atoms with van der Waals surface area (Å²) < 4.78 is 1.62. The lowest BCUT2D eigenvalue weighted by atomic mass is 9.84. The Balaban J connectivity index is 1.34. The molecule has 0 unspecified atom stereocenters. The molecule has 1 spiro atoms. The average molecular weight is 362 g/mol. The molecule has 0 bridgehead atoms. The summed E-state index contributed by atoms with van der Waals surface area (Å²) in [6, 6.07) is 11.2. The maximum Gasteiger partial charge on any atom is 0.254 e. The SMILES string of the molecule is O=C(c1ccn2ncnc2c1)N1CCC2(CC1)Nc1ccccc1NC2=O. The van der Waals surface area contributed by atoms with Gasteiger partial charge in [0.15, 0.2) is 5.65 Å². The average Bonchev–Trinajstić information content (AvgIpc) is 3.17. The van der Waals surface area contributed by atoms with E-state index in [2.05, 4.69) is 20.7 Å². The molecule has 8 nitrogen and oxygen atoms in total. The molecule has 2 aliphatic rings. The predicted molar refractivity (Wildman–Crippen MR) is 99.5 cm³/mol. The molecule has 1 aromatic carbocycles. The van der Waals surface area contributed by atoms with Gasteiger partial charge in [-0.1, -0.05) is 12.1 Å². The van der Waals surface area contributed by atoms with Crippen molar-refractivity contribution < 1.29 is 9.59 Å². The first-order valence-corrected chi connectivity index (χ1v) is 8.92. The van der Waals surface area contributed by atoms with E-state index in [0.717, 1.165) is 11.4 Å². The van der Waals surface area contributed by atoms with E-state index >= 15 is 0 Å². The smallest absolute Gasteiger partial charge is 0.254 e. The van der Waals surface area contributed by atoms with Gasteiger partial charge in [0, 0.05) is 24.8 Å². The number of carbonyl (C=O) groups excluding carboxylic acids is 2. The minimum atomic E-state index is -0.665. The number of pyridine rings is 1. The number of fused-ring (bicyclic) bond motifs is 2. The summed E-state index contributed by atoms with van der Waals surface area (Å²) in [4.78, 5) is 31.5.